The summed E-state index contributed by atoms with van der Waals surface area (Å²) >= 11 is 0. The average Bonchev–Trinajstić information content (AvgIpc) is 2.25. The summed E-state index contributed by atoms with van der Waals surface area (Å²) in [5.41, 5.74) is 0. The summed E-state index contributed by atoms with van der Waals surface area (Å²) in [7, 11) is 1.62. The molecule has 1 atom stereocenters. The molecule has 0 aliphatic carbocycles. The number of urea groups is 1. The van der Waals surface area contributed by atoms with Crippen LogP contribution in [-0.4, -0.2) is 43.4 Å². The number of ether oxygens (including phenoxy) is 1. The summed E-state index contributed by atoms with van der Waals surface area (Å²) < 4.78 is 4.86. The molecule has 0 fully saturated rings. The number of hydrogen-bond acceptors (Lipinski definition) is 3. The van der Waals surface area contributed by atoms with Crippen LogP contribution in [0.5, 0.6) is 0 Å². The summed E-state index contributed by atoms with van der Waals surface area (Å²) in [5, 5.41) is 13.7. The molecule has 0 rings (SSSR count). The number of rotatable bonds is 8. The zero-order valence-electron chi connectivity index (χ0n) is 9.78. The summed E-state index contributed by atoms with van der Waals surface area (Å²) in [6, 6.07) is -1.26. The van der Waals surface area contributed by atoms with Crippen LogP contribution in [-0.2, 0) is 9.53 Å². The maximum absolute atomic E-state index is 11.2. The molecule has 94 valence electrons. The Labute approximate surface area is 95.4 Å². The Bertz CT molecular complexity index is 221. The lowest BCUT2D eigenvalue weighted by molar-refractivity contribution is -0.139. The van der Waals surface area contributed by atoms with Crippen LogP contribution in [0, 0.1) is 0 Å². The van der Waals surface area contributed by atoms with Gasteiger partial charge in [0.1, 0.15) is 6.04 Å². The van der Waals surface area contributed by atoms with Gasteiger partial charge in [0.15, 0.2) is 0 Å². The fourth-order valence-electron chi connectivity index (χ4n) is 1.12. The van der Waals surface area contributed by atoms with Crippen LogP contribution in [0.25, 0.3) is 0 Å². The number of carboxylic acids is 1. The molecule has 0 heterocycles. The van der Waals surface area contributed by atoms with Crippen molar-refractivity contribution in [2.45, 2.75) is 32.2 Å². The number of carboxylic acid groups (broad SMARTS) is 1. The molecule has 0 saturated carbocycles. The highest BCUT2D eigenvalue weighted by molar-refractivity contribution is 5.82. The monoisotopic (exact) mass is 232 g/mol. The van der Waals surface area contributed by atoms with E-state index in [4.69, 9.17) is 9.84 Å². The Balaban J connectivity index is 3.61. The molecule has 3 N–H and O–H groups in total. The number of nitrogens with one attached hydrogen (secondary N) is 2. The predicted molar refractivity (Wildman–Crippen MR) is 59.4 cm³/mol. The quantitative estimate of drug-likeness (QED) is 0.534. The lowest BCUT2D eigenvalue weighted by Crippen LogP contribution is -2.45. The van der Waals surface area contributed by atoms with E-state index in [-0.39, 0.29) is 0 Å². The van der Waals surface area contributed by atoms with Crippen LogP contribution in [0.1, 0.15) is 26.2 Å². The van der Waals surface area contributed by atoms with E-state index in [9.17, 15) is 9.59 Å². The Morgan fingerprint density at radius 2 is 2.06 bits per heavy atom. The van der Waals surface area contributed by atoms with Gasteiger partial charge in [-0.05, 0) is 19.3 Å². The summed E-state index contributed by atoms with van der Waals surface area (Å²) in [4.78, 5) is 21.9. The predicted octanol–water partition coefficient (Wildman–Crippen LogP) is 0.575. The lowest BCUT2D eigenvalue weighted by Gasteiger charge is -2.12. The molecular weight excluding hydrogens is 212 g/mol. The highest BCUT2D eigenvalue weighted by Gasteiger charge is 2.16. The van der Waals surface area contributed by atoms with Gasteiger partial charge in [-0.15, -0.1) is 0 Å². The third-order valence-corrected chi connectivity index (χ3v) is 2.07. The fourth-order valence-corrected chi connectivity index (χ4v) is 1.12. The van der Waals surface area contributed by atoms with Gasteiger partial charge < -0.3 is 20.5 Å². The first-order chi connectivity index (χ1) is 7.61. The van der Waals surface area contributed by atoms with E-state index in [1.165, 1.54) is 0 Å². The van der Waals surface area contributed by atoms with E-state index < -0.39 is 18.0 Å². The normalized spacial score (nSPS) is 11.9. The number of hydrogen-bond donors (Lipinski definition) is 3. The molecule has 0 radical (unpaired) electrons. The molecule has 16 heavy (non-hydrogen) atoms. The highest BCUT2D eigenvalue weighted by Crippen LogP contribution is 1.91. The minimum absolute atomic E-state index is 0.367. The van der Waals surface area contributed by atoms with Crippen molar-refractivity contribution in [3.05, 3.63) is 0 Å². The van der Waals surface area contributed by atoms with E-state index in [0.29, 0.717) is 19.6 Å². The van der Waals surface area contributed by atoms with Crippen LogP contribution in [0.15, 0.2) is 0 Å². The van der Waals surface area contributed by atoms with Crippen LogP contribution in [0.2, 0.25) is 0 Å². The molecular formula is C10H20N2O4. The number of aliphatic carboxylic acids is 1. The Hall–Kier alpha value is -1.30. The second kappa shape index (κ2) is 8.96. The van der Waals surface area contributed by atoms with E-state index in [0.717, 1.165) is 12.8 Å². The van der Waals surface area contributed by atoms with Gasteiger partial charge in [-0.2, -0.15) is 0 Å². The maximum Gasteiger partial charge on any atom is 0.326 e. The zero-order chi connectivity index (χ0) is 12.4. The number of carbonyl (C=O) groups is 2. The third-order valence-electron chi connectivity index (χ3n) is 2.07. The van der Waals surface area contributed by atoms with Gasteiger partial charge in [0.25, 0.3) is 0 Å². The molecule has 0 unspecified atom stereocenters. The number of amides is 2. The standard InChI is InChI=1S/C10H20N2O4/c1-3-8(9(13)14)12-10(15)11-6-4-5-7-16-2/h8H,3-7H2,1-2H3,(H,13,14)(H2,11,12,15)/t8-/m1/s1. The van der Waals surface area contributed by atoms with Crippen molar-refractivity contribution >= 4 is 12.0 Å². The van der Waals surface area contributed by atoms with Crippen molar-refractivity contribution in [2.75, 3.05) is 20.3 Å². The van der Waals surface area contributed by atoms with E-state index in [2.05, 4.69) is 10.6 Å². The molecule has 2 amide bonds. The van der Waals surface area contributed by atoms with Gasteiger partial charge in [-0.3, -0.25) is 0 Å². The fraction of sp³-hybridized carbons (Fsp3) is 0.800. The maximum atomic E-state index is 11.2. The minimum Gasteiger partial charge on any atom is -0.480 e. The van der Waals surface area contributed by atoms with Gasteiger partial charge in [0.2, 0.25) is 0 Å². The second-order valence-electron chi connectivity index (χ2n) is 3.40. The highest BCUT2D eigenvalue weighted by atomic mass is 16.5. The molecule has 0 aliphatic rings. The van der Waals surface area contributed by atoms with Crippen LogP contribution < -0.4 is 10.6 Å². The van der Waals surface area contributed by atoms with Crippen molar-refractivity contribution in [1.29, 1.82) is 0 Å². The molecule has 0 aromatic rings. The molecule has 6 heteroatoms. The Morgan fingerprint density at radius 1 is 1.38 bits per heavy atom. The first-order valence-electron chi connectivity index (χ1n) is 5.38. The minimum atomic E-state index is -1.02. The number of carbonyl (C=O) groups excluding carboxylic acids is 1. The van der Waals surface area contributed by atoms with Gasteiger partial charge in [-0.1, -0.05) is 6.92 Å². The Kier molecular flexibility index (Phi) is 8.24. The van der Waals surface area contributed by atoms with Crippen molar-refractivity contribution in [1.82, 2.24) is 10.6 Å². The molecule has 6 nitrogen and oxygen atoms in total. The number of methoxy groups -OCH3 is 1. The van der Waals surface area contributed by atoms with E-state index >= 15 is 0 Å². The molecule has 0 bridgehead atoms. The molecule has 0 spiro atoms. The average molecular weight is 232 g/mol. The van der Waals surface area contributed by atoms with Gasteiger partial charge in [-0.25, -0.2) is 9.59 Å². The Morgan fingerprint density at radius 3 is 2.56 bits per heavy atom. The van der Waals surface area contributed by atoms with Crippen molar-refractivity contribution < 1.29 is 19.4 Å². The smallest absolute Gasteiger partial charge is 0.326 e. The number of unbranched alkanes of at least 4 members (excludes halogenated alkanes) is 1. The molecule has 0 saturated heterocycles. The summed E-state index contributed by atoms with van der Waals surface area (Å²) in [5.74, 6) is -1.02. The topological polar surface area (TPSA) is 87.7 Å². The van der Waals surface area contributed by atoms with Crippen LogP contribution >= 0.6 is 0 Å². The lowest BCUT2D eigenvalue weighted by atomic mass is 10.2. The van der Waals surface area contributed by atoms with Crippen molar-refractivity contribution in [2.24, 2.45) is 0 Å². The largest absolute Gasteiger partial charge is 0.480 e. The van der Waals surface area contributed by atoms with E-state index in [1.54, 1.807) is 14.0 Å². The molecule has 0 aliphatic heterocycles. The molecule has 0 aromatic carbocycles. The second-order valence-corrected chi connectivity index (χ2v) is 3.40. The van der Waals surface area contributed by atoms with Gasteiger partial charge in [0, 0.05) is 20.3 Å². The zero-order valence-corrected chi connectivity index (χ0v) is 9.78. The van der Waals surface area contributed by atoms with Crippen LogP contribution in [0.4, 0.5) is 4.79 Å². The van der Waals surface area contributed by atoms with E-state index in [1.807, 2.05) is 0 Å². The first-order valence-corrected chi connectivity index (χ1v) is 5.38. The third kappa shape index (κ3) is 7.05. The van der Waals surface area contributed by atoms with Crippen LogP contribution in [0.3, 0.4) is 0 Å². The van der Waals surface area contributed by atoms with Crippen molar-refractivity contribution in [3.63, 3.8) is 0 Å². The van der Waals surface area contributed by atoms with Gasteiger partial charge >= 0.3 is 12.0 Å². The summed E-state index contributed by atoms with van der Waals surface area (Å²) in [6.07, 6.45) is 2.05. The first kappa shape index (κ1) is 14.7. The van der Waals surface area contributed by atoms with Crippen molar-refractivity contribution in [3.8, 4) is 0 Å². The molecule has 0 aromatic heterocycles. The van der Waals surface area contributed by atoms with Gasteiger partial charge in [0.05, 0.1) is 0 Å². The SMILES string of the molecule is CC[C@@H](NC(=O)NCCCCOC)C(=O)O. The summed E-state index contributed by atoms with van der Waals surface area (Å²) in [6.45, 7) is 2.89.